The first-order valence-electron chi connectivity index (χ1n) is 5.30. The number of nitrogens with zero attached hydrogens (tertiary/aromatic N) is 3. The lowest BCUT2D eigenvalue weighted by Gasteiger charge is -2.09. The standard InChI is InChI=1S/C10H17F3N4/c1-16(2)4-3-14-5-9-6-15-17(7-9)8-10(11,12)13/h6-7,14H,3-5,8H2,1-2H3. The molecule has 1 heterocycles. The maximum Gasteiger partial charge on any atom is 0.408 e. The molecule has 0 spiro atoms. The van der Waals surface area contributed by atoms with Crippen LogP contribution in [0.5, 0.6) is 0 Å². The van der Waals surface area contributed by atoms with Crippen LogP contribution in [0.1, 0.15) is 5.56 Å². The lowest BCUT2D eigenvalue weighted by atomic mass is 10.3. The molecular formula is C10H17F3N4. The lowest BCUT2D eigenvalue weighted by molar-refractivity contribution is -0.142. The molecule has 0 aromatic carbocycles. The second kappa shape index (κ2) is 6.02. The molecule has 1 aromatic rings. The predicted molar refractivity (Wildman–Crippen MR) is 58.5 cm³/mol. The number of hydrogen-bond acceptors (Lipinski definition) is 3. The van der Waals surface area contributed by atoms with E-state index in [2.05, 4.69) is 10.4 Å². The molecule has 0 fully saturated rings. The van der Waals surface area contributed by atoms with E-state index in [4.69, 9.17) is 0 Å². The van der Waals surface area contributed by atoms with E-state index >= 15 is 0 Å². The molecule has 7 heteroatoms. The molecule has 0 radical (unpaired) electrons. The van der Waals surface area contributed by atoms with E-state index in [9.17, 15) is 13.2 Å². The summed E-state index contributed by atoms with van der Waals surface area (Å²) in [6, 6.07) is 0. The third-order valence-electron chi connectivity index (χ3n) is 2.09. The van der Waals surface area contributed by atoms with E-state index < -0.39 is 12.7 Å². The molecule has 0 bridgehead atoms. The Labute approximate surface area is 98.4 Å². The molecule has 0 aliphatic rings. The maximum absolute atomic E-state index is 12.1. The van der Waals surface area contributed by atoms with Gasteiger partial charge in [0, 0.05) is 31.4 Å². The smallest absolute Gasteiger partial charge is 0.311 e. The molecule has 4 nitrogen and oxygen atoms in total. The zero-order valence-electron chi connectivity index (χ0n) is 9.96. The molecule has 1 N–H and O–H groups in total. The quantitative estimate of drug-likeness (QED) is 0.767. The van der Waals surface area contributed by atoms with Crippen molar-refractivity contribution in [3.63, 3.8) is 0 Å². The van der Waals surface area contributed by atoms with Crippen molar-refractivity contribution >= 4 is 0 Å². The van der Waals surface area contributed by atoms with Gasteiger partial charge in [-0.05, 0) is 14.1 Å². The van der Waals surface area contributed by atoms with E-state index in [1.165, 1.54) is 12.4 Å². The Hall–Kier alpha value is -1.08. The third kappa shape index (κ3) is 6.28. The molecule has 0 unspecified atom stereocenters. The Morgan fingerprint density at radius 3 is 2.71 bits per heavy atom. The zero-order chi connectivity index (χ0) is 12.9. The topological polar surface area (TPSA) is 33.1 Å². The van der Waals surface area contributed by atoms with Crippen molar-refractivity contribution < 1.29 is 13.2 Å². The summed E-state index contributed by atoms with van der Waals surface area (Å²) in [5.41, 5.74) is 0.757. The highest BCUT2D eigenvalue weighted by Crippen LogP contribution is 2.16. The fourth-order valence-electron chi connectivity index (χ4n) is 1.30. The number of alkyl halides is 3. The average Bonchev–Trinajstić information content (AvgIpc) is 2.57. The normalized spacial score (nSPS) is 12.4. The van der Waals surface area contributed by atoms with Gasteiger partial charge in [0.1, 0.15) is 6.54 Å². The van der Waals surface area contributed by atoms with Crippen molar-refractivity contribution in [1.82, 2.24) is 20.0 Å². The number of nitrogens with one attached hydrogen (secondary N) is 1. The van der Waals surface area contributed by atoms with Gasteiger partial charge in [-0.1, -0.05) is 0 Å². The first-order valence-corrected chi connectivity index (χ1v) is 5.30. The molecule has 17 heavy (non-hydrogen) atoms. The van der Waals surface area contributed by atoms with Crippen LogP contribution in [0.2, 0.25) is 0 Å². The van der Waals surface area contributed by atoms with Gasteiger partial charge >= 0.3 is 6.18 Å². The summed E-state index contributed by atoms with van der Waals surface area (Å²) in [5, 5.41) is 6.79. The second-order valence-electron chi connectivity index (χ2n) is 4.14. The average molecular weight is 250 g/mol. The van der Waals surface area contributed by atoms with E-state index in [-0.39, 0.29) is 0 Å². The molecule has 98 valence electrons. The first kappa shape index (κ1) is 14.0. The van der Waals surface area contributed by atoms with Crippen LogP contribution in [0.15, 0.2) is 12.4 Å². The minimum atomic E-state index is -4.22. The van der Waals surface area contributed by atoms with Gasteiger partial charge < -0.3 is 10.2 Å². The highest BCUT2D eigenvalue weighted by molar-refractivity contribution is 5.03. The number of halogens is 3. The minimum absolute atomic E-state index is 0.533. The van der Waals surface area contributed by atoms with Crippen molar-refractivity contribution in [3.8, 4) is 0 Å². The van der Waals surface area contributed by atoms with Gasteiger partial charge in [-0.25, -0.2) is 0 Å². The molecule has 1 aromatic heterocycles. The van der Waals surface area contributed by atoms with Crippen LogP contribution >= 0.6 is 0 Å². The Morgan fingerprint density at radius 1 is 1.41 bits per heavy atom. The molecule has 0 aliphatic carbocycles. The highest BCUT2D eigenvalue weighted by Gasteiger charge is 2.28. The Morgan fingerprint density at radius 2 is 2.12 bits per heavy atom. The minimum Gasteiger partial charge on any atom is -0.311 e. The maximum atomic E-state index is 12.1. The summed E-state index contributed by atoms with van der Waals surface area (Å²) >= 11 is 0. The number of rotatable bonds is 6. The predicted octanol–water partition coefficient (Wildman–Crippen LogP) is 1.10. The number of likely N-dealkylation sites (N-methyl/N-ethyl adjacent to an activating group) is 1. The summed E-state index contributed by atoms with van der Waals surface area (Å²) < 4.78 is 37.1. The largest absolute Gasteiger partial charge is 0.408 e. The van der Waals surface area contributed by atoms with Crippen LogP contribution in [0, 0.1) is 0 Å². The SMILES string of the molecule is CN(C)CCNCc1cnn(CC(F)(F)F)c1. The molecule has 0 saturated heterocycles. The van der Waals surface area contributed by atoms with E-state index in [1.54, 1.807) is 0 Å². The molecule has 0 amide bonds. The van der Waals surface area contributed by atoms with Gasteiger partial charge in [0.15, 0.2) is 0 Å². The molecule has 0 atom stereocenters. The third-order valence-corrected chi connectivity index (χ3v) is 2.09. The van der Waals surface area contributed by atoms with Gasteiger partial charge in [-0.2, -0.15) is 18.3 Å². The second-order valence-corrected chi connectivity index (χ2v) is 4.14. The van der Waals surface area contributed by atoms with Crippen LogP contribution in [0.4, 0.5) is 13.2 Å². The fraction of sp³-hybridized carbons (Fsp3) is 0.700. The Kier molecular flexibility index (Phi) is 4.95. The van der Waals surface area contributed by atoms with Crippen molar-refractivity contribution in [3.05, 3.63) is 18.0 Å². The van der Waals surface area contributed by atoms with E-state index in [0.717, 1.165) is 23.3 Å². The summed E-state index contributed by atoms with van der Waals surface area (Å²) in [6.45, 7) is 1.17. The van der Waals surface area contributed by atoms with Crippen molar-refractivity contribution in [1.29, 1.82) is 0 Å². The Balaban J connectivity index is 2.31. The highest BCUT2D eigenvalue weighted by atomic mass is 19.4. The first-order chi connectivity index (χ1) is 7.87. The van der Waals surface area contributed by atoms with Crippen LogP contribution in [-0.4, -0.2) is 48.0 Å². The summed E-state index contributed by atoms with van der Waals surface area (Å²) in [7, 11) is 3.92. The van der Waals surface area contributed by atoms with Gasteiger partial charge in [0.25, 0.3) is 0 Å². The Bertz CT molecular complexity index is 333. The fourth-order valence-corrected chi connectivity index (χ4v) is 1.30. The van der Waals surface area contributed by atoms with Gasteiger partial charge in [0.05, 0.1) is 6.20 Å². The zero-order valence-corrected chi connectivity index (χ0v) is 9.96. The van der Waals surface area contributed by atoms with Crippen molar-refractivity contribution in [2.45, 2.75) is 19.3 Å². The number of hydrogen-bond donors (Lipinski definition) is 1. The molecule has 0 aliphatic heterocycles. The van der Waals surface area contributed by atoms with Gasteiger partial charge in [-0.15, -0.1) is 0 Å². The summed E-state index contributed by atoms with van der Waals surface area (Å²) in [4.78, 5) is 2.03. The van der Waals surface area contributed by atoms with Crippen LogP contribution in [-0.2, 0) is 13.1 Å². The molecular weight excluding hydrogens is 233 g/mol. The van der Waals surface area contributed by atoms with Crippen molar-refractivity contribution in [2.24, 2.45) is 0 Å². The van der Waals surface area contributed by atoms with Crippen LogP contribution in [0.3, 0.4) is 0 Å². The van der Waals surface area contributed by atoms with Crippen LogP contribution < -0.4 is 5.32 Å². The lowest BCUT2D eigenvalue weighted by Crippen LogP contribution is -2.26. The van der Waals surface area contributed by atoms with E-state index in [0.29, 0.717) is 6.54 Å². The van der Waals surface area contributed by atoms with Gasteiger partial charge in [0.2, 0.25) is 0 Å². The number of aromatic nitrogens is 2. The molecule has 1 rings (SSSR count). The van der Waals surface area contributed by atoms with Crippen LogP contribution in [0.25, 0.3) is 0 Å². The summed E-state index contributed by atoms with van der Waals surface area (Å²) in [5.74, 6) is 0. The van der Waals surface area contributed by atoms with Crippen molar-refractivity contribution in [2.75, 3.05) is 27.2 Å². The van der Waals surface area contributed by atoms with E-state index in [1.807, 2.05) is 19.0 Å². The summed E-state index contributed by atoms with van der Waals surface area (Å²) in [6.07, 6.45) is -1.35. The van der Waals surface area contributed by atoms with Gasteiger partial charge in [-0.3, -0.25) is 4.68 Å². The molecule has 0 saturated carbocycles. The monoisotopic (exact) mass is 250 g/mol.